The maximum atomic E-state index is 12.7. The lowest BCUT2D eigenvalue weighted by molar-refractivity contribution is -0.298. The van der Waals surface area contributed by atoms with Crippen molar-refractivity contribution in [1.29, 1.82) is 0 Å². The Labute approximate surface area is 115 Å². The van der Waals surface area contributed by atoms with Crippen LogP contribution in [0.5, 0.6) is 0 Å². The molecule has 0 saturated carbocycles. The number of benzene rings is 1. The van der Waals surface area contributed by atoms with Crippen molar-refractivity contribution < 1.29 is 34.3 Å². The van der Waals surface area contributed by atoms with Crippen molar-refractivity contribution in [2.75, 3.05) is 6.61 Å². The fourth-order valence-electron chi connectivity index (χ4n) is 2.02. The van der Waals surface area contributed by atoms with E-state index < -0.39 is 37.3 Å². The predicted octanol–water partition coefficient (Wildman–Crippen LogP) is -0.858. The number of halogens is 1. The van der Waals surface area contributed by atoms with Crippen LogP contribution in [0.25, 0.3) is 0 Å². The van der Waals surface area contributed by atoms with E-state index >= 15 is 0 Å². The zero-order chi connectivity index (χ0) is 14.7. The molecular formula is C13H17FO6. The van der Waals surface area contributed by atoms with Gasteiger partial charge in [0.15, 0.2) is 6.29 Å². The van der Waals surface area contributed by atoms with Gasteiger partial charge in [-0.05, 0) is 17.7 Å². The minimum absolute atomic E-state index is 0.0128. The first-order chi connectivity index (χ1) is 9.52. The number of hydrogen-bond acceptors (Lipinski definition) is 6. The van der Waals surface area contributed by atoms with Crippen LogP contribution in [0.15, 0.2) is 24.3 Å². The minimum atomic E-state index is -1.47. The van der Waals surface area contributed by atoms with E-state index in [9.17, 15) is 19.7 Å². The third kappa shape index (κ3) is 3.32. The van der Waals surface area contributed by atoms with E-state index in [1.54, 1.807) is 0 Å². The average molecular weight is 288 g/mol. The van der Waals surface area contributed by atoms with E-state index in [0.717, 1.165) is 0 Å². The van der Waals surface area contributed by atoms with E-state index in [2.05, 4.69) is 0 Å². The maximum absolute atomic E-state index is 12.7. The Balaban J connectivity index is 1.96. The van der Waals surface area contributed by atoms with E-state index in [4.69, 9.17) is 14.6 Å². The van der Waals surface area contributed by atoms with Crippen molar-refractivity contribution in [1.82, 2.24) is 0 Å². The summed E-state index contributed by atoms with van der Waals surface area (Å²) in [6, 6.07) is 5.54. The summed E-state index contributed by atoms with van der Waals surface area (Å²) in [6.45, 7) is -0.515. The van der Waals surface area contributed by atoms with Crippen molar-refractivity contribution in [3.05, 3.63) is 35.6 Å². The Morgan fingerprint density at radius 2 is 1.75 bits per heavy atom. The number of aliphatic hydroxyl groups is 4. The quantitative estimate of drug-likeness (QED) is 0.575. The third-order valence-corrected chi connectivity index (χ3v) is 3.20. The van der Waals surface area contributed by atoms with Crippen LogP contribution >= 0.6 is 0 Å². The van der Waals surface area contributed by atoms with Gasteiger partial charge in [0, 0.05) is 0 Å². The van der Waals surface area contributed by atoms with Crippen molar-refractivity contribution in [3.63, 3.8) is 0 Å². The summed E-state index contributed by atoms with van der Waals surface area (Å²) in [6.07, 6.45) is -6.44. The molecule has 7 heteroatoms. The second-order valence-electron chi connectivity index (χ2n) is 4.63. The molecule has 6 nitrogen and oxygen atoms in total. The van der Waals surface area contributed by atoms with Crippen LogP contribution < -0.4 is 0 Å². The molecule has 112 valence electrons. The molecule has 1 aromatic rings. The predicted molar refractivity (Wildman–Crippen MR) is 65.0 cm³/mol. The molecule has 1 heterocycles. The van der Waals surface area contributed by atoms with Crippen molar-refractivity contribution in [2.24, 2.45) is 0 Å². The maximum Gasteiger partial charge on any atom is 0.184 e. The molecule has 2 rings (SSSR count). The van der Waals surface area contributed by atoms with Gasteiger partial charge in [0.1, 0.15) is 30.2 Å². The second-order valence-corrected chi connectivity index (χ2v) is 4.63. The van der Waals surface area contributed by atoms with Crippen LogP contribution in [0.2, 0.25) is 0 Å². The highest BCUT2D eigenvalue weighted by atomic mass is 19.1. The summed E-state index contributed by atoms with van der Waals surface area (Å²) >= 11 is 0. The molecular weight excluding hydrogens is 271 g/mol. The molecule has 0 unspecified atom stereocenters. The van der Waals surface area contributed by atoms with Gasteiger partial charge in [-0.3, -0.25) is 0 Å². The number of hydrogen-bond donors (Lipinski definition) is 4. The van der Waals surface area contributed by atoms with Gasteiger partial charge in [-0.25, -0.2) is 4.39 Å². The summed E-state index contributed by atoms with van der Waals surface area (Å²) in [7, 11) is 0. The number of rotatable bonds is 4. The molecule has 4 N–H and O–H groups in total. The Morgan fingerprint density at radius 3 is 2.35 bits per heavy atom. The lowest BCUT2D eigenvalue weighted by Gasteiger charge is -2.39. The monoisotopic (exact) mass is 288 g/mol. The van der Waals surface area contributed by atoms with Crippen LogP contribution in [-0.4, -0.2) is 57.7 Å². The molecule has 1 aromatic carbocycles. The topological polar surface area (TPSA) is 99.4 Å². The highest BCUT2D eigenvalue weighted by Gasteiger charge is 2.44. The van der Waals surface area contributed by atoms with Gasteiger partial charge in [-0.2, -0.15) is 0 Å². The largest absolute Gasteiger partial charge is 0.394 e. The lowest BCUT2D eigenvalue weighted by Crippen LogP contribution is -2.59. The zero-order valence-electron chi connectivity index (χ0n) is 10.6. The minimum Gasteiger partial charge on any atom is -0.394 e. The van der Waals surface area contributed by atoms with Crippen LogP contribution in [0.1, 0.15) is 5.56 Å². The standard InChI is InChI=1S/C13H17FO6/c14-8-3-1-7(2-4-8)6-19-12-11(17)10(16)9(5-15)20-13(12)18/h1-4,9-13,15-18H,5-6H2/t9-,10-,11+,12-,13-/m1/s1. The molecule has 5 atom stereocenters. The van der Waals surface area contributed by atoms with Gasteiger partial charge in [0.25, 0.3) is 0 Å². The molecule has 1 saturated heterocycles. The fourth-order valence-corrected chi connectivity index (χ4v) is 2.02. The normalized spacial score (nSPS) is 34.1. The summed E-state index contributed by atoms with van der Waals surface area (Å²) in [5.41, 5.74) is 0.643. The number of ether oxygens (including phenoxy) is 2. The summed E-state index contributed by atoms with van der Waals surface area (Å²) in [5, 5.41) is 38.2. The molecule has 0 aliphatic carbocycles. The second kappa shape index (κ2) is 6.57. The molecule has 0 bridgehead atoms. The molecule has 0 aromatic heterocycles. The average Bonchev–Trinajstić information content (AvgIpc) is 2.44. The van der Waals surface area contributed by atoms with Crippen LogP contribution in [-0.2, 0) is 16.1 Å². The van der Waals surface area contributed by atoms with Crippen LogP contribution in [0.4, 0.5) is 4.39 Å². The van der Waals surface area contributed by atoms with Gasteiger partial charge >= 0.3 is 0 Å². The Kier molecular flexibility index (Phi) is 5.03. The third-order valence-electron chi connectivity index (χ3n) is 3.20. The molecule has 20 heavy (non-hydrogen) atoms. The van der Waals surface area contributed by atoms with Crippen molar-refractivity contribution in [3.8, 4) is 0 Å². The Morgan fingerprint density at radius 1 is 1.10 bits per heavy atom. The molecule has 0 amide bonds. The van der Waals surface area contributed by atoms with Gasteiger partial charge in [-0.15, -0.1) is 0 Å². The van der Waals surface area contributed by atoms with E-state index in [1.807, 2.05) is 0 Å². The summed E-state index contributed by atoms with van der Waals surface area (Å²) < 4.78 is 23.0. The lowest BCUT2D eigenvalue weighted by atomic mass is 9.99. The Bertz CT molecular complexity index is 425. The molecule has 1 fully saturated rings. The van der Waals surface area contributed by atoms with Crippen molar-refractivity contribution >= 4 is 0 Å². The van der Waals surface area contributed by atoms with Crippen LogP contribution in [0.3, 0.4) is 0 Å². The molecule has 0 radical (unpaired) electrons. The fraction of sp³-hybridized carbons (Fsp3) is 0.538. The zero-order valence-corrected chi connectivity index (χ0v) is 10.6. The van der Waals surface area contributed by atoms with Gasteiger partial charge in [0.05, 0.1) is 13.2 Å². The van der Waals surface area contributed by atoms with E-state index in [-0.39, 0.29) is 12.4 Å². The smallest absolute Gasteiger partial charge is 0.184 e. The van der Waals surface area contributed by atoms with Gasteiger partial charge < -0.3 is 29.9 Å². The first-order valence-corrected chi connectivity index (χ1v) is 6.19. The first-order valence-electron chi connectivity index (χ1n) is 6.19. The number of aliphatic hydroxyl groups excluding tert-OH is 4. The Hall–Kier alpha value is -1.09. The molecule has 1 aliphatic heterocycles. The summed E-state index contributed by atoms with van der Waals surface area (Å²) in [5.74, 6) is -0.379. The molecule has 1 aliphatic rings. The molecule has 0 spiro atoms. The highest BCUT2D eigenvalue weighted by Crippen LogP contribution is 2.23. The SMILES string of the molecule is OC[C@H]1O[C@@H](O)[C@H](OCc2ccc(F)cc2)[C@@H](O)[C@@H]1O. The van der Waals surface area contributed by atoms with E-state index in [0.29, 0.717) is 5.56 Å². The van der Waals surface area contributed by atoms with E-state index in [1.165, 1.54) is 24.3 Å². The van der Waals surface area contributed by atoms with Gasteiger partial charge in [0.2, 0.25) is 0 Å². The van der Waals surface area contributed by atoms with Gasteiger partial charge in [-0.1, -0.05) is 12.1 Å². The summed E-state index contributed by atoms with van der Waals surface area (Å²) in [4.78, 5) is 0. The van der Waals surface area contributed by atoms with Crippen LogP contribution in [0, 0.1) is 5.82 Å². The van der Waals surface area contributed by atoms with Crippen molar-refractivity contribution in [2.45, 2.75) is 37.3 Å². The first kappa shape index (κ1) is 15.3. The highest BCUT2D eigenvalue weighted by molar-refractivity contribution is 5.15.